The molecule has 2 aliphatic heterocycles. The van der Waals surface area contributed by atoms with Crippen LogP contribution in [0.15, 0.2) is 41.3 Å². The van der Waals surface area contributed by atoms with E-state index >= 15 is 0 Å². The highest BCUT2D eigenvalue weighted by Gasteiger charge is 2.59. The lowest BCUT2D eigenvalue weighted by atomic mass is 10.1. The molecule has 0 radical (unpaired) electrons. The van der Waals surface area contributed by atoms with Crippen molar-refractivity contribution in [3.05, 3.63) is 57.6 Å². The maximum Gasteiger partial charge on any atom is 0.434 e. The van der Waals surface area contributed by atoms with Crippen molar-refractivity contribution in [1.29, 1.82) is 0 Å². The first-order valence-electron chi connectivity index (χ1n) is 9.01. The Balaban J connectivity index is 1.50. The number of rotatable bonds is 5. The SMILES string of the molecule is O=c1nc(N[P@]2(=O)OC[C@H](c3cccc(Cl)c3)O2)ccn1[C@@H]1O[C@H](CO)[C@@H](O)C1(F)F. The third-order valence-corrected chi connectivity index (χ3v) is 6.53. The molecule has 168 valence electrons. The van der Waals surface area contributed by atoms with Crippen LogP contribution in [0.25, 0.3) is 0 Å². The number of benzene rings is 1. The summed E-state index contributed by atoms with van der Waals surface area (Å²) in [6.45, 7) is -0.912. The predicted molar refractivity (Wildman–Crippen MR) is 103 cm³/mol. The number of alkyl halides is 2. The Morgan fingerprint density at radius 1 is 1.39 bits per heavy atom. The summed E-state index contributed by atoms with van der Waals surface area (Å²) in [5.41, 5.74) is -0.536. The molecule has 0 aliphatic carbocycles. The number of hydrogen-bond acceptors (Lipinski definition) is 8. The second-order valence-electron chi connectivity index (χ2n) is 6.89. The highest BCUT2D eigenvalue weighted by Crippen LogP contribution is 2.57. The van der Waals surface area contributed by atoms with Crippen molar-refractivity contribution in [1.82, 2.24) is 9.55 Å². The minimum absolute atomic E-state index is 0.0513. The molecular formula is C17H17ClF2N3O7P. The zero-order chi connectivity index (χ0) is 22.4. The molecule has 1 aromatic carbocycles. The number of halogens is 3. The summed E-state index contributed by atoms with van der Waals surface area (Å²) in [6, 6.07) is 7.79. The summed E-state index contributed by atoms with van der Waals surface area (Å²) in [6.07, 6.45) is -5.79. The van der Waals surface area contributed by atoms with Crippen LogP contribution in [0.2, 0.25) is 5.02 Å². The van der Waals surface area contributed by atoms with Gasteiger partial charge in [0.25, 0.3) is 0 Å². The molecule has 31 heavy (non-hydrogen) atoms. The molecule has 0 unspecified atom stereocenters. The molecule has 2 aliphatic rings. The van der Waals surface area contributed by atoms with Gasteiger partial charge in [0, 0.05) is 11.2 Å². The van der Waals surface area contributed by atoms with Gasteiger partial charge in [-0.1, -0.05) is 23.7 Å². The van der Waals surface area contributed by atoms with E-state index in [0.29, 0.717) is 15.2 Å². The quantitative estimate of drug-likeness (QED) is 0.551. The first-order valence-corrected chi connectivity index (χ1v) is 10.9. The van der Waals surface area contributed by atoms with Gasteiger partial charge >= 0.3 is 19.4 Å². The van der Waals surface area contributed by atoms with Crippen LogP contribution in [0, 0.1) is 0 Å². The summed E-state index contributed by atoms with van der Waals surface area (Å²) in [4.78, 5) is 15.9. The number of nitrogens with zero attached hydrogens (tertiary/aromatic N) is 2. The van der Waals surface area contributed by atoms with Crippen molar-refractivity contribution in [2.45, 2.75) is 30.5 Å². The number of anilines is 1. The number of nitrogens with one attached hydrogen (secondary N) is 1. The second-order valence-corrected chi connectivity index (χ2v) is 9.01. The Kier molecular flexibility index (Phi) is 5.90. The minimum atomic E-state index is -3.90. The summed E-state index contributed by atoms with van der Waals surface area (Å²) in [5.74, 6) is -4.08. The van der Waals surface area contributed by atoms with Gasteiger partial charge in [-0.15, -0.1) is 0 Å². The number of hydrogen-bond donors (Lipinski definition) is 3. The molecule has 3 N–H and O–H groups in total. The number of aliphatic hydroxyl groups excluding tert-OH is 2. The molecule has 5 atom stereocenters. The smallest absolute Gasteiger partial charge is 0.394 e. The van der Waals surface area contributed by atoms with Crippen LogP contribution >= 0.6 is 19.3 Å². The maximum absolute atomic E-state index is 14.2. The van der Waals surface area contributed by atoms with Gasteiger partial charge in [0.2, 0.25) is 6.23 Å². The number of aromatic nitrogens is 2. The van der Waals surface area contributed by atoms with Crippen LogP contribution in [0.5, 0.6) is 0 Å². The van der Waals surface area contributed by atoms with Crippen LogP contribution in [-0.2, 0) is 18.3 Å². The summed E-state index contributed by atoms with van der Waals surface area (Å²) >= 11 is 5.94. The Labute approximate surface area is 178 Å². The highest BCUT2D eigenvalue weighted by atomic mass is 35.5. The van der Waals surface area contributed by atoms with E-state index in [2.05, 4.69) is 10.1 Å². The monoisotopic (exact) mass is 479 g/mol. The number of ether oxygens (including phenoxy) is 1. The Morgan fingerprint density at radius 3 is 2.81 bits per heavy atom. The Bertz CT molecular complexity index is 1090. The summed E-state index contributed by atoms with van der Waals surface area (Å²) in [7, 11) is -3.90. The fourth-order valence-corrected chi connectivity index (χ4v) is 4.86. The van der Waals surface area contributed by atoms with E-state index in [0.717, 1.165) is 12.3 Å². The van der Waals surface area contributed by atoms with Crippen molar-refractivity contribution >= 4 is 25.2 Å². The molecule has 0 saturated carbocycles. The van der Waals surface area contributed by atoms with E-state index in [9.17, 15) is 23.2 Å². The second kappa shape index (κ2) is 8.21. The largest absolute Gasteiger partial charge is 0.434 e. The third-order valence-electron chi connectivity index (χ3n) is 4.78. The van der Waals surface area contributed by atoms with Crippen LogP contribution in [0.4, 0.5) is 14.6 Å². The molecule has 0 amide bonds. The molecular weight excluding hydrogens is 463 g/mol. The van der Waals surface area contributed by atoms with Crippen molar-refractivity contribution < 1.29 is 37.3 Å². The van der Waals surface area contributed by atoms with E-state index in [-0.39, 0.29) is 12.4 Å². The van der Waals surface area contributed by atoms with Gasteiger partial charge < -0.3 is 14.9 Å². The normalized spacial score (nSPS) is 32.3. The predicted octanol–water partition coefficient (Wildman–Crippen LogP) is 2.09. The molecule has 1 aromatic heterocycles. The van der Waals surface area contributed by atoms with Gasteiger partial charge in [-0.05, 0) is 23.8 Å². The molecule has 10 nitrogen and oxygen atoms in total. The van der Waals surface area contributed by atoms with Crippen LogP contribution in [0.1, 0.15) is 17.9 Å². The Morgan fingerprint density at radius 2 is 2.16 bits per heavy atom. The van der Waals surface area contributed by atoms with Gasteiger partial charge in [0.05, 0.1) is 13.2 Å². The lowest BCUT2D eigenvalue weighted by Gasteiger charge is -2.21. The molecule has 0 bridgehead atoms. The van der Waals surface area contributed by atoms with Gasteiger partial charge in [-0.25, -0.2) is 9.36 Å². The van der Waals surface area contributed by atoms with Crippen LogP contribution in [0.3, 0.4) is 0 Å². The van der Waals surface area contributed by atoms with E-state index in [1.807, 2.05) is 0 Å². The average molecular weight is 480 g/mol. The lowest BCUT2D eigenvalue weighted by molar-refractivity contribution is -0.140. The average Bonchev–Trinajstić information content (AvgIpc) is 3.20. The van der Waals surface area contributed by atoms with Crippen LogP contribution < -0.4 is 10.8 Å². The standard InChI is InChI=1S/C17H17ClF2N3O7P/c18-10-3-1-2-9(6-10)12-8-28-31(27,30-12)22-13-4-5-23(16(26)21-13)15-17(19,20)14(25)11(7-24)29-15/h1-6,11-12,14-15,24-25H,7-8H2,(H,21,22,26,27)/t11-,12-,14-,15-,31+/m1/s1. The molecule has 14 heteroatoms. The lowest BCUT2D eigenvalue weighted by Crippen LogP contribution is -2.41. The molecule has 2 aromatic rings. The zero-order valence-corrected chi connectivity index (χ0v) is 17.2. The first-order chi connectivity index (χ1) is 14.6. The first kappa shape index (κ1) is 22.3. The molecule has 2 saturated heterocycles. The topological polar surface area (TPSA) is 132 Å². The summed E-state index contributed by atoms with van der Waals surface area (Å²) < 4.78 is 57.3. The van der Waals surface area contributed by atoms with E-state index in [1.54, 1.807) is 24.3 Å². The maximum atomic E-state index is 14.2. The highest BCUT2D eigenvalue weighted by molar-refractivity contribution is 7.55. The Hall–Kier alpha value is -1.92. The molecule has 3 heterocycles. The molecule has 2 fully saturated rings. The van der Waals surface area contributed by atoms with Crippen molar-refractivity contribution in [3.8, 4) is 0 Å². The summed E-state index contributed by atoms with van der Waals surface area (Å²) in [5, 5.41) is 21.5. The van der Waals surface area contributed by atoms with Crippen molar-refractivity contribution in [3.63, 3.8) is 0 Å². The minimum Gasteiger partial charge on any atom is -0.394 e. The molecule has 0 spiro atoms. The third kappa shape index (κ3) is 4.24. The van der Waals surface area contributed by atoms with Gasteiger partial charge in [-0.2, -0.15) is 13.8 Å². The van der Waals surface area contributed by atoms with Crippen LogP contribution in [-0.4, -0.2) is 51.1 Å². The van der Waals surface area contributed by atoms with Gasteiger partial charge in [0.15, 0.2) is 6.10 Å². The zero-order valence-electron chi connectivity index (χ0n) is 15.6. The number of aliphatic hydroxyl groups is 2. The fourth-order valence-electron chi connectivity index (χ4n) is 3.23. The fraction of sp³-hybridized carbons (Fsp3) is 0.412. The van der Waals surface area contributed by atoms with Crippen molar-refractivity contribution in [2.75, 3.05) is 18.3 Å². The van der Waals surface area contributed by atoms with E-state index < -0.39 is 50.5 Å². The molecule has 4 rings (SSSR count). The van der Waals surface area contributed by atoms with Gasteiger partial charge in [-0.3, -0.25) is 18.7 Å². The van der Waals surface area contributed by atoms with Crippen molar-refractivity contribution in [2.24, 2.45) is 0 Å². The van der Waals surface area contributed by atoms with E-state index in [1.165, 1.54) is 0 Å². The van der Waals surface area contributed by atoms with E-state index in [4.69, 9.17) is 30.5 Å². The van der Waals surface area contributed by atoms with Gasteiger partial charge in [0.1, 0.15) is 18.0 Å².